The molecule has 2 nitrogen and oxygen atoms in total. The third kappa shape index (κ3) is 2.49. The minimum absolute atomic E-state index is 0.0414. The van der Waals surface area contributed by atoms with Crippen LogP contribution in [0.2, 0.25) is 5.02 Å². The number of benzene rings is 1. The minimum atomic E-state index is -0.0414. The van der Waals surface area contributed by atoms with Gasteiger partial charge < -0.3 is 4.74 Å². The molecule has 76 valence electrons. The van der Waals surface area contributed by atoms with Crippen molar-refractivity contribution in [3.63, 3.8) is 0 Å². The van der Waals surface area contributed by atoms with E-state index in [4.69, 9.17) is 16.3 Å². The van der Waals surface area contributed by atoms with Crippen LogP contribution in [0.25, 0.3) is 0 Å². The number of rotatable bonds is 3. The van der Waals surface area contributed by atoms with Crippen molar-refractivity contribution < 1.29 is 9.53 Å². The lowest BCUT2D eigenvalue weighted by Crippen LogP contribution is -1.98. The molecule has 0 radical (unpaired) electrons. The Kier molecular flexibility index (Phi) is 3.96. The van der Waals surface area contributed by atoms with E-state index in [1.54, 1.807) is 12.1 Å². The number of Topliss-reactive ketones (excluding diaryl/α,β-unsaturated/α-hetero) is 1. The van der Waals surface area contributed by atoms with Crippen LogP contribution in [0.3, 0.4) is 0 Å². The van der Waals surface area contributed by atoms with Crippen LogP contribution in [-0.4, -0.2) is 12.4 Å². The van der Waals surface area contributed by atoms with Crippen molar-refractivity contribution in [3.05, 3.63) is 27.2 Å². The third-order valence-corrected chi connectivity index (χ3v) is 3.07. The maximum absolute atomic E-state index is 11.2. The van der Waals surface area contributed by atoms with Gasteiger partial charge in [-0.3, -0.25) is 4.79 Å². The molecule has 0 saturated carbocycles. The molecule has 0 aliphatic carbocycles. The molecule has 0 fully saturated rings. The molecule has 0 aromatic heterocycles. The Hall–Kier alpha value is -0.540. The second-order valence-corrected chi connectivity index (χ2v) is 3.96. The van der Waals surface area contributed by atoms with Crippen molar-refractivity contribution in [1.82, 2.24) is 0 Å². The minimum Gasteiger partial charge on any atom is -0.494 e. The molecule has 14 heavy (non-hydrogen) atoms. The van der Waals surface area contributed by atoms with E-state index in [1.165, 1.54) is 6.92 Å². The first-order chi connectivity index (χ1) is 6.56. The van der Waals surface area contributed by atoms with Gasteiger partial charge >= 0.3 is 0 Å². The van der Waals surface area contributed by atoms with Gasteiger partial charge in [0.15, 0.2) is 5.78 Å². The van der Waals surface area contributed by atoms with E-state index in [0.29, 0.717) is 27.4 Å². The van der Waals surface area contributed by atoms with Crippen LogP contribution in [0.15, 0.2) is 16.6 Å². The van der Waals surface area contributed by atoms with E-state index in [-0.39, 0.29) is 5.78 Å². The van der Waals surface area contributed by atoms with Gasteiger partial charge in [0.25, 0.3) is 0 Å². The second-order valence-electron chi connectivity index (χ2n) is 2.76. The number of hydrogen-bond acceptors (Lipinski definition) is 2. The first-order valence-electron chi connectivity index (χ1n) is 4.19. The van der Waals surface area contributed by atoms with Gasteiger partial charge in [0, 0.05) is 10.0 Å². The zero-order chi connectivity index (χ0) is 10.7. The number of carbonyl (C=O) groups is 1. The molecule has 0 heterocycles. The molecule has 0 bridgehead atoms. The molecule has 1 aromatic rings. The highest BCUT2D eigenvalue weighted by atomic mass is 79.9. The summed E-state index contributed by atoms with van der Waals surface area (Å²) in [5, 5.41) is 0.487. The van der Waals surface area contributed by atoms with Crippen molar-refractivity contribution in [1.29, 1.82) is 0 Å². The molecule has 4 heteroatoms. The topological polar surface area (TPSA) is 26.3 Å². The Bertz CT molecular complexity index is 363. The van der Waals surface area contributed by atoms with Gasteiger partial charge in [-0.25, -0.2) is 0 Å². The summed E-state index contributed by atoms with van der Waals surface area (Å²) < 4.78 is 5.90. The molecular weight excluding hydrogens is 267 g/mol. The van der Waals surface area contributed by atoms with Crippen LogP contribution >= 0.6 is 27.5 Å². The van der Waals surface area contributed by atoms with Crippen molar-refractivity contribution in [3.8, 4) is 5.75 Å². The number of carbonyl (C=O) groups excluding carboxylic acids is 1. The Morgan fingerprint density at radius 2 is 2.21 bits per heavy atom. The summed E-state index contributed by atoms with van der Waals surface area (Å²) in [7, 11) is 0. The number of ether oxygens (including phenoxy) is 1. The average Bonchev–Trinajstić information content (AvgIpc) is 2.11. The van der Waals surface area contributed by atoms with Crippen molar-refractivity contribution >= 4 is 33.3 Å². The predicted octanol–water partition coefficient (Wildman–Crippen LogP) is 3.70. The molecule has 1 rings (SSSR count). The predicted molar refractivity (Wildman–Crippen MR) is 60.3 cm³/mol. The van der Waals surface area contributed by atoms with Crippen molar-refractivity contribution in [2.45, 2.75) is 13.8 Å². The van der Waals surface area contributed by atoms with Crippen LogP contribution in [0.1, 0.15) is 24.2 Å². The number of hydrogen-bond donors (Lipinski definition) is 0. The Morgan fingerprint density at radius 1 is 1.57 bits per heavy atom. The summed E-state index contributed by atoms with van der Waals surface area (Å²) in [6.45, 7) is 3.92. The zero-order valence-corrected chi connectivity index (χ0v) is 10.3. The molecule has 0 spiro atoms. The molecule has 0 unspecified atom stereocenters. The van der Waals surface area contributed by atoms with E-state index in [2.05, 4.69) is 15.9 Å². The molecule has 0 aliphatic rings. The summed E-state index contributed by atoms with van der Waals surface area (Å²) in [6.07, 6.45) is 0. The Morgan fingerprint density at radius 3 is 2.71 bits per heavy atom. The normalized spacial score (nSPS) is 10.0. The van der Waals surface area contributed by atoms with Gasteiger partial charge in [-0.1, -0.05) is 11.6 Å². The lowest BCUT2D eigenvalue weighted by atomic mass is 10.1. The lowest BCUT2D eigenvalue weighted by molar-refractivity contribution is 0.101. The standard InChI is InChI=1S/C10H10BrClO2/c1-3-14-7-4-8(6(2)13)10(11)9(12)5-7/h4-5H,3H2,1-2H3. The van der Waals surface area contributed by atoms with Gasteiger partial charge in [0.1, 0.15) is 5.75 Å². The average molecular weight is 278 g/mol. The van der Waals surface area contributed by atoms with Crippen molar-refractivity contribution in [2.24, 2.45) is 0 Å². The molecule has 0 atom stereocenters. The summed E-state index contributed by atoms with van der Waals surface area (Å²) in [6, 6.07) is 3.36. The first-order valence-corrected chi connectivity index (χ1v) is 5.36. The number of halogens is 2. The molecule has 0 amide bonds. The highest BCUT2D eigenvalue weighted by molar-refractivity contribution is 9.10. The van der Waals surface area contributed by atoms with Gasteiger partial charge in [0.2, 0.25) is 0 Å². The largest absolute Gasteiger partial charge is 0.494 e. The fourth-order valence-corrected chi connectivity index (χ4v) is 1.79. The van der Waals surface area contributed by atoms with Crippen molar-refractivity contribution in [2.75, 3.05) is 6.61 Å². The second kappa shape index (κ2) is 4.80. The van der Waals surface area contributed by atoms with Gasteiger partial charge in [-0.05, 0) is 41.9 Å². The molecule has 0 aliphatic heterocycles. The fourth-order valence-electron chi connectivity index (χ4n) is 1.07. The van der Waals surface area contributed by atoms with E-state index >= 15 is 0 Å². The smallest absolute Gasteiger partial charge is 0.161 e. The lowest BCUT2D eigenvalue weighted by Gasteiger charge is -2.07. The number of ketones is 1. The maximum Gasteiger partial charge on any atom is 0.161 e. The molecule has 0 N–H and O–H groups in total. The summed E-state index contributed by atoms with van der Waals surface area (Å²) in [5.74, 6) is 0.575. The SMILES string of the molecule is CCOc1cc(Cl)c(Br)c(C(C)=O)c1. The van der Waals surface area contributed by atoms with Crippen LogP contribution < -0.4 is 4.74 Å². The molecular formula is C10H10BrClO2. The molecule has 0 saturated heterocycles. The Labute approximate surface area is 96.3 Å². The van der Waals surface area contributed by atoms with Gasteiger partial charge in [-0.2, -0.15) is 0 Å². The molecule has 1 aromatic carbocycles. The fraction of sp³-hybridized carbons (Fsp3) is 0.300. The summed E-state index contributed by atoms with van der Waals surface area (Å²) in [5.41, 5.74) is 0.543. The maximum atomic E-state index is 11.2. The first kappa shape index (κ1) is 11.5. The van der Waals surface area contributed by atoms with E-state index in [0.717, 1.165) is 0 Å². The van der Waals surface area contributed by atoms with Crippen LogP contribution in [0, 0.1) is 0 Å². The summed E-state index contributed by atoms with van der Waals surface area (Å²) in [4.78, 5) is 11.2. The van der Waals surface area contributed by atoms with Gasteiger partial charge in [-0.15, -0.1) is 0 Å². The van der Waals surface area contributed by atoms with E-state index in [1.807, 2.05) is 6.92 Å². The highest BCUT2D eigenvalue weighted by Gasteiger charge is 2.11. The monoisotopic (exact) mass is 276 g/mol. The van der Waals surface area contributed by atoms with Crippen LogP contribution in [-0.2, 0) is 0 Å². The third-order valence-electron chi connectivity index (χ3n) is 1.69. The Balaban J connectivity index is 3.21. The highest BCUT2D eigenvalue weighted by Crippen LogP contribution is 2.31. The van der Waals surface area contributed by atoms with E-state index in [9.17, 15) is 4.79 Å². The van der Waals surface area contributed by atoms with Crippen LogP contribution in [0.5, 0.6) is 5.75 Å². The van der Waals surface area contributed by atoms with E-state index < -0.39 is 0 Å². The van der Waals surface area contributed by atoms with Crippen LogP contribution in [0.4, 0.5) is 0 Å². The van der Waals surface area contributed by atoms with Gasteiger partial charge in [0.05, 0.1) is 11.6 Å². The zero-order valence-electron chi connectivity index (χ0n) is 7.93. The summed E-state index contributed by atoms with van der Waals surface area (Å²) >= 11 is 9.18. The quantitative estimate of drug-likeness (QED) is 0.787.